The average molecular weight is 274 g/mol. The van der Waals surface area contributed by atoms with Gasteiger partial charge in [0.25, 0.3) is 5.69 Å². The molecule has 0 atom stereocenters. The number of benzene rings is 3. The van der Waals surface area contributed by atoms with Crippen molar-refractivity contribution in [2.45, 2.75) is 0 Å². The molecule has 0 spiro atoms. The molecule has 0 amide bonds. The SMILES string of the molecule is O=[N+]([O-])c1ccc2ccc3c4ccccc4ncc3c2c1. The standard InChI is InChI=1S/C17H10N2O2/c20-19(21)12-7-5-11-6-8-13-14-3-1-2-4-17(14)18-10-16(13)15(11)9-12/h1-10H. The van der Waals surface area contributed by atoms with Crippen molar-refractivity contribution >= 4 is 38.1 Å². The molecule has 1 aromatic heterocycles. The van der Waals surface area contributed by atoms with E-state index in [0.29, 0.717) is 0 Å². The minimum absolute atomic E-state index is 0.100. The number of rotatable bonds is 1. The summed E-state index contributed by atoms with van der Waals surface area (Å²) in [6.07, 6.45) is 1.80. The Bertz CT molecular complexity index is 1020. The Kier molecular flexibility index (Phi) is 2.38. The number of pyridine rings is 1. The van der Waals surface area contributed by atoms with Gasteiger partial charge in [-0.3, -0.25) is 15.1 Å². The highest BCUT2D eigenvalue weighted by Crippen LogP contribution is 2.31. The first-order chi connectivity index (χ1) is 10.2. The van der Waals surface area contributed by atoms with Gasteiger partial charge in [0.1, 0.15) is 0 Å². The molecule has 1 heterocycles. The third-order valence-electron chi connectivity index (χ3n) is 3.78. The molecule has 0 N–H and O–H groups in total. The van der Waals surface area contributed by atoms with E-state index in [1.807, 2.05) is 36.4 Å². The van der Waals surface area contributed by atoms with Gasteiger partial charge in [-0.05, 0) is 28.3 Å². The number of hydrogen-bond donors (Lipinski definition) is 0. The van der Waals surface area contributed by atoms with Crippen LogP contribution in [0.5, 0.6) is 0 Å². The predicted octanol–water partition coefficient (Wildman–Crippen LogP) is 4.45. The van der Waals surface area contributed by atoms with Gasteiger partial charge in [0.2, 0.25) is 0 Å². The molecule has 3 aromatic carbocycles. The van der Waals surface area contributed by atoms with E-state index in [9.17, 15) is 10.1 Å². The summed E-state index contributed by atoms with van der Waals surface area (Å²) in [6, 6.07) is 16.9. The van der Waals surface area contributed by atoms with Gasteiger partial charge in [-0.15, -0.1) is 0 Å². The summed E-state index contributed by atoms with van der Waals surface area (Å²) in [5, 5.41) is 15.9. The highest BCUT2D eigenvalue weighted by Gasteiger charge is 2.10. The Morgan fingerprint density at radius 3 is 2.52 bits per heavy atom. The maximum Gasteiger partial charge on any atom is 0.270 e. The first kappa shape index (κ1) is 11.8. The highest BCUT2D eigenvalue weighted by molar-refractivity contribution is 6.16. The Morgan fingerprint density at radius 2 is 1.67 bits per heavy atom. The number of aromatic nitrogens is 1. The van der Waals surface area contributed by atoms with Crippen LogP contribution < -0.4 is 0 Å². The fraction of sp³-hybridized carbons (Fsp3) is 0. The van der Waals surface area contributed by atoms with Crippen LogP contribution in [0.4, 0.5) is 5.69 Å². The number of para-hydroxylation sites is 1. The van der Waals surface area contributed by atoms with Crippen LogP contribution in [0.2, 0.25) is 0 Å². The highest BCUT2D eigenvalue weighted by atomic mass is 16.6. The summed E-state index contributed by atoms with van der Waals surface area (Å²) in [5.41, 5.74) is 1.03. The molecular formula is C17H10N2O2. The smallest absolute Gasteiger partial charge is 0.258 e. The number of fused-ring (bicyclic) bond motifs is 5. The molecule has 0 fully saturated rings. The van der Waals surface area contributed by atoms with Gasteiger partial charge < -0.3 is 0 Å². The van der Waals surface area contributed by atoms with Gasteiger partial charge in [-0.2, -0.15) is 0 Å². The van der Waals surface area contributed by atoms with Gasteiger partial charge >= 0.3 is 0 Å². The quantitative estimate of drug-likeness (QED) is 0.293. The zero-order chi connectivity index (χ0) is 14.4. The van der Waals surface area contributed by atoms with E-state index in [2.05, 4.69) is 4.98 Å². The first-order valence-corrected chi connectivity index (χ1v) is 6.59. The van der Waals surface area contributed by atoms with Gasteiger partial charge in [-0.1, -0.05) is 30.3 Å². The van der Waals surface area contributed by atoms with Crippen molar-refractivity contribution in [2.75, 3.05) is 0 Å². The average Bonchev–Trinajstić information content (AvgIpc) is 2.53. The largest absolute Gasteiger partial charge is 0.270 e. The van der Waals surface area contributed by atoms with E-state index < -0.39 is 0 Å². The summed E-state index contributed by atoms with van der Waals surface area (Å²) in [4.78, 5) is 15.1. The third kappa shape index (κ3) is 1.73. The maximum absolute atomic E-state index is 11.0. The monoisotopic (exact) mass is 274 g/mol. The normalized spacial score (nSPS) is 11.2. The van der Waals surface area contributed by atoms with Crippen molar-refractivity contribution in [1.29, 1.82) is 0 Å². The van der Waals surface area contributed by atoms with Gasteiger partial charge in [-0.25, -0.2) is 0 Å². The fourth-order valence-electron chi connectivity index (χ4n) is 2.77. The number of nitro benzene ring substituents is 1. The van der Waals surface area contributed by atoms with E-state index in [0.717, 1.165) is 32.4 Å². The summed E-state index contributed by atoms with van der Waals surface area (Å²) < 4.78 is 0. The summed E-state index contributed by atoms with van der Waals surface area (Å²) in [5.74, 6) is 0. The van der Waals surface area contributed by atoms with Gasteiger partial charge in [0.15, 0.2) is 0 Å². The minimum Gasteiger partial charge on any atom is -0.258 e. The van der Waals surface area contributed by atoms with Gasteiger partial charge in [0.05, 0.1) is 10.4 Å². The van der Waals surface area contributed by atoms with E-state index in [1.54, 1.807) is 18.3 Å². The van der Waals surface area contributed by atoms with Crippen molar-refractivity contribution in [1.82, 2.24) is 4.98 Å². The zero-order valence-electron chi connectivity index (χ0n) is 11.0. The molecule has 4 rings (SSSR count). The van der Waals surface area contributed by atoms with Crippen LogP contribution in [0, 0.1) is 10.1 Å². The summed E-state index contributed by atoms with van der Waals surface area (Å²) in [7, 11) is 0. The summed E-state index contributed by atoms with van der Waals surface area (Å²) >= 11 is 0. The topological polar surface area (TPSA) is 56.0 Å². The molecule has 21 heavy (non-hydrogen) atoms. The fourth-order valence-corrected chi connectivity index (χ4v) is 2.77. The minimum atomic E-state index is -0.368. The lowest BCUT2D eigenvalue weighted by Gasteiger charge is -2.06. The van der Waals surface area contributed by atoms with Crippen molar-refractivity contribution in [3.63, 3.8) is 0 Å². The third-order valence-corrected chi connectivity index (χ3v) is 3.78. The molecule has 4 nitrogen and oxygen atoms in total. The lowest BCUT2D eigenvalue weighted by molar-refractivity contribution is -0.384. The molecular weight excluding hydrogens is 264 g/mol. The Morgan fingerprint density at radius 1 is 0.857 bits per heavy atom. The molecule has 0 unspecified atom stereocenters. The van der Waals surface area contributed by atoms with Crippen LogP contribution in [0.15, 0.2) is 60.8 Å². The van der Waals surface area contributed by atoms with Crippen molar-refractivity contribution < 1.29 is 4.92 Å². The van der Waals surface area contributed by atoms with E-state index in [1.165, 1.54) is 6.07 Å². The first-order valence-electron chi connectivity index (χ1n) is 6.59. The van der Waals surface area contributed by atoms with E-state index in [4.69, 9.17) is 0 Å². The molecule has 4 heteroatoms. The predicted molar refractivity (Wildman–Crippen MR) is 83.4 cm³/mol. The lowest BCUT2D eigenvalue weighted by Crippen LogP contribution is -1.88. The molecule has 0 saturated heterocycles. The molecule has 0 aliphatic rings. The second-order valence-corrected chi connectivity index (χ2v) is 4.96. The maximum atomic E-state index is 11.0. The Balaban J connectivity index is 2.20. The van der Waals surface area contributed by atoms with Gasteiger partial charge in [0, 0.05) is 29.1 Å². The zero-order valence-corrected chi connectivity index (χ0v) is 11.0. The number of nitro groups is 1. The van der Waals surface area contributed by atoms with Crippen molar-refractivity contribution in [2.24, 2.45) is 0 Å². The van der Waals surface area contributed by atoms with E-state index in [-0.39, 0.29) is 10.6 Å². The number of hydrogen-bond acceptors (Lipinski definition) is 3. The van der Waals surface area contributed by atoms with Crippen LogP contribution >= 0.6 is 0 Å². The van der Waals surface area contributed by atoms with Crippen LogP contribution in [0.25, 0.3) is 32.4 Å². The van der Waals surface area contributed by atoms with Crippen LogP contribution in [-0.4, -0.2) is 9.91 Å². The molecule has 0 saturated carbocycles. The second kappa shape index (κ2) is 4.24. The molecule has 0 aliphatic carbocycles. The van der Waals surface area contributed by atoms with Crippen molar-refractivity contribution in [3.05, 3.63) is 70.9 Å². The van der Waals surface area contributed by atoms with Crippen LogP contribution in [0.1, 0.15) is 0 Å². The Labute approximate surface area is 119 Å². The molecule has 0 radical (unpaired) electrons. The van der Waals surface area contributed by atoms with E-state index >= 15 is 0 Å². The lowest BCUT2D eigenvalue weighted by atomic mass is 10.00. The Hall–Kier alpha value is -3.01. The number of nitrogens with zero attached hydrogens (tertiary/aromatic N) is 2. The van der Waals surface area contributed by atoms with Crippen molar-refractivity contribution in [3.8, 4) is 0 Å². The van der Waals surface area contributed by atoms with Crippen LogP contribution in [-0.2, 0) is 0 Å². The molecule has 4 aromatic rings. The second-order valence-electron chi connectivity index (χ2n) is 4.96. The number of non-ortho nitro benzene ring substituents is 1. The molecule has 100 valence electrons. The summed E-state index contributed by atoms with van der Waals surface area (Å²) in [6.45, 7) is 0. The molecule has 0 bridgehead atoms. The molecule has 0 aliphatic heterocycles. The van der Waals surface area contributed by atoms with Crippen LogP contribution in [0.3, 0.4) is 0 Å².